The maximum Gasteiger partial charge on any atom is 0.220 e. The fourth-order valence-corrected chi connectivity index (χ4v) is 3.15. The highest BCUT2D eigenvalue weighted by Crippen LogP contribution is 2.17. The highest BCUT2D eigenvalue weighted by atomic mass is 32.1. The molecule has 1 aromatic carbocycles. The van der Waals surface area contributed by atoms with Gasteiger partial charge in [-0.3, -0.25) is 14.4 Å². The van der Waals surface area contributed by atoms with Crippen LogP contribution in [-0.4, -0.2) is 30.6 Å². The minimum atomic E-state index is -0.340. The largest absolute Gasteiger partial charge is 0.492 e. The third-order valence-electron chi connectivity index (χ3n) is 3.78. The molecular weight excluding hydrogens is 369 g/mol. The van der Waals surface area contributed by atoms with E-state index in [2.05, 4.69) is 5.32 Å². The van der Waals surface area contributed by atoms with Crippen LogP contribution in [0.25, 0.3) is 0 Å². The van der Waals surface area contributed by atoms with Crippen LogP contribution in [0, 0.1) is 12.7 Å². The van der Waals surface area contributed by atoms with Gasteiger partial charge in [0, 0.05) is 30.6 Å². The van der Waals surface area contributed by atoms with Crippen molar-refractivity contribution in [3.8, 4) is 5.75 Å². The molecule has 7 heteroatoms. The second kappa shape index (κ2) is 10.6. The van der Waals surface area contributed by atoms with Crippen LogP contribution in [0.1, 0.15) is 40.2 Å². The fraction of sp³-hybridized carbons (Fsp3) is 0.350. The minimum Gasteiger partial charge on any atom is -0.492 e. The zero-order valence-corrected chi connectivity index (χ0v) is 15.9. The predicted molar refractivity (Wildman–Crippen MR) is 102 cm³/mol. The van der Waals surface area contributed by atoms with E-state index < -0.39 is 0 Å². The van der Waals surface area contributed by atoms with Crippen LogP contribution in [0.4, 0.5) is 4.39 Å². The number of hydrogen-bond donors (Lipinski definition) is 1. The van der Waals surface area contributed by atoms with Crippen molar-refractivity contribution in [3.05, 3.63) is 52.0 Å². The third-order valence-corrected chi connectivity index (χ3v) is 4.83. The molecule has 0 saturated carbocycles. The van der Waals surface area contributed by atoms with Gasteiger partial charge in [0.05, 0.1) is 11.4 Å². The number of benzene rings is 1. The van der Waals surface area contributed by atoms with Gasteiger partial charge in [-0.1, -0.05) is 0 Å². The van der Waals surface area contributed by atoms with Crippen LogP contribution in [0.15, 0.2) is 36.4 Å². The molecule has 0 fully saturated rings. The van der Waals surface area contributed by atoms with Gasteiger partial charge in [-0.05, 0) is 43.3 Å². The number of carbonyl (C=O) groups is 3. The molecule has 0 bridgehead atoms. The molecule has 0 radical (unpaired) electrons. The molecule has 0 atom stereocenters. The highest BCUT2D eigenvalue weighted by Gasteiger charge is 2.12. The van der Waals surface area contributed by atoms with Crippen LogP contribution >= 0.6 is 11.3 Å². The molecule has 27 heavy (non-hydrogen) atoms. The van der Waals surface area contributed by atoms with Crippen molar-refractivity contribution < 1.29 is 23.5 Å². The van der Waals surface area contributed by atoms with Crippen molar-refractivity contribution in [2.45, 2.75) is 32.6 Å². The van der Waals surface area contributed by atoms with Crippen molar-refractivity contribution in [1.82, 2.24) is 5.32 Å². The van der Waals surface area contributed by atoms with E-state index in [4.69, 9.17) is 4.74 Å². The molecule has 0 aliphatic rings. The molecule has 2 rings (SSSR count). The van der Waals surface area contributed by atoms with E-state index in [0.29, 0.717) is 17.2 Å². The first kappa shape index (κ1) is 20.8. The van der Waals surface area contributed by atoms with Crippen molar-refractivity contribution >= 4 is 28.8 Å². The average Bonchev–Trinajstić information content (AvgIpc) is 3.09. The van der Waals surface area contributed by atoms with Gasteiger partial charge < -0.3 is 10.1 Å². The number of nitrogens with one attached hydrogen (secondary N) is 1. The summed E-state index contributed by atoms with van der Waals surface area (Å²) in [6.07, 6.45) is 0.520. The van der Waals surface area contributed by atoms with E-state index >= 15 is 0 Å². The molecule has 2 aromatic rings. The van der Waals surface area contributed by atoms with Gasteiger partial charge >= 0.3 is 0 Å². The Hall–Kier alpha value is -2.54. The summed E-state index contributed by atoms with van der Waals surface area (Å²) in [6, 6.07) is 9.26. The van der Waals surface area contributed by atoms with Crippen molar-refractivity contribution in [1.29, 1.82) is 0 Å². The molecule has 0 unspecified atom stereocenters. The van der Waals surface area contributed by atoms with Crippen molar-refractivity contribution in [3.63, 3.8) is 0 Å². The Balaban J connectivity index is 1.55. The third kappa shape index (κ3) is 7.70. The Morgan fingerprint density at radius 3 is 2.37 bits per heavy atom. The van der Waals surface area contributed by atoms with E-state index in [1.807, 2.05) is 13.0 Å². The van der Waals surface area contributed by atoms with Crippen molar-refractivity contribution in [2.24, 2.45) is 0 Å². The lowest BCUT2D eigenvalue weighted by atomic mass is 10.1. The topological polar surface area (TPSA) is 72.5 Å². The molecule has 1 N–H and O–H groups in total. The number of carbonyl (C=O) groups excluding carboxylic acids is 3. The zero-order chi connectivity index (χ0) is 19.6. The summed E-state index contributed by atoms with van der Waals surface area (Å²) in [4.78, 5) is 37.3. The molecule has 1 amide bonds. The molecule has 0 saturated heterocycles. The maximum atomic E-state index is 12.8. The number of aryl methyl sites for hydroxylation is 1. The van der Waals surface area contributed by atoms with E-state index in [1.165, 1.54) is 35.6 Å². The number of rotatable bonds is 11. The van der Waals surface area contributed by atoms with Crippen LogP contribution in [-0.2, 0) is 9.59 Å². The highest BCUT2D eigenvalue weighted by molar-refractivity contribution is 7.14. The maximum absolute atomic E-state index is 12.8. The minimum absolute atomic E-state index is 0.0381. The van der Waals surface area contributed by atoms with Gasteiger partial charge in [0.25, 0.3) is 0 Å². The van der Waals surface area contributed by atoms with E-state index in [0.717, 1.165) is 4.88 Å². The molecule has 5 nitrogen and oxygen atoms in total. The fourth-order valence-electron chi connectivity index (χ4n) is 2.32. The number of Topliss-reactive ketones (excluding diaryl/α,β-unsaturated/α-hetero) is 2. The first-order valence-corrected chi connectivity index (χ1v) is 9.52. The van der Waals surface area contributed by atoms with Gasteiger partial charge in [0.2, 0.25) is 5.91 Å². The second-order valence-corrected chi connectivity index (χ2v) is 7.31. The first-order chi connectivity index (χ1) is 12.9. The Bertz CT molecular complexity index is 786. The van der Waals surface area contributed by atoms with Crippen LogP contribution in [0.2, 0.25) is 0 Å². The van der Waals surface area contributed by atoms with Gasteiger partial charge in [0.1, 0.15) is 24.0 Å². The molecule has 0 aliphatic carbocycles. The summed E-state index contributed by atoms with van der Waals surface area (Å²) < 4.78 is 18.1. The summed E-state index contributed by atoms with van der Waals surface area (Å²) in [7, 11) is 0. The summed E-state index contributed by atoms with van der Waals surface area (Å²) in [5.41, 5.74) is 0. The molecule has 0 aliphatic heterocycles. The Morgan fingerprint density at radius 1 is 1.00 bits per heavy atom. The number of halogens is 1. The average molecular weight is 391 g/mol. The van der Waals surface area contributed by atoms with Crippen LogP contribution < -0.4 is 10.1 Å². The van der Waals surface area contributed by atoms with Crippen LogP contribution in [0.3, 0.4) is 0 Å². The number of thiophene rings is 1. The number of ether oxygens (including phenoxy) is 1. The van der Waals surface area contributed by atoms with Crippen LogP contribution in [0.5, 0.6) is 5.75 Å². The molecule has 144 valence electrons. The summed E-state index contributed by atoms with van der Waals surface area (Å²) in [5.74, 6) is -0.205. The van der Waals surface area contributed by atoms with E-state index in [-0.39, 0.29) is 55.6 Å². The summed E-state index contributed by atoms with van der Waals surface area (Å²) >= 11 is 1.42. The smallest absolute Gasteiger partial charge is 0.220 e. The molecule has 1 aromatic heterocycles. The summed E-state index contributed by atoms with van der Waals surface area (Å²) in [5, 5.41) is 2.66. The molecular formula is C20H22FNO4S. The second-order valence-electron chi connectivity index (χ2n) is 6.02. The van der Waals surface area contributed by atoms with E-state index in [1.54, 1.807) is 6.07 Å². The van der Waals surface area contributed by atoms with Gasteiger partial charge in [-0.2, -0.15) is 0 Å². The number of amides is 1. The monoisotopic (exact) mass is 391 g/mol. The Morgan fingerprint density at radius 2 is 1.70 bits per heavy atom. The van der Waals surface area contributed by atoms with Gasteiger partial charge in [-0.25, -0.2) is 4.39 Å². The normalized spacial score (nSPS) is 10.4. The lowest BCUT2D eigenvalue weighted by molar-refractivity contribution is -0.125. The lowest BCUT2D eigenvalue weighted by Crippen LogP contribution is -2.28. The van der Waals surface area contributed by atoms with E-state index in [9.17, 15) is 18.8 Å². The quantitative estimate of drug-likeness (QED) is 0.468. The predicted octanol–water partition coefficient (Wildman–Crippen LogP) is 3.70. The van der Waals surface area contributed by atoms with Gasteiger partial charge in [0.15, 0.2) is 5.78 Å². The Labute approximate surface area is 161 Å². The Kier molecular flexibility index (Phi) is 8.13. The SMILES string of the molecule is Cc1ccc(C(=O)CCC(=O)CCC(=O)NCCOc2ccc(F)cc2)s1. The standard InChI is InChI=1S/C20H22FNO4S/c1-14-2-10-19(27-14)18(24)9-5-16(23)6-11-20(25)22-12-13-26-17-7-3-15(21)4-8-17/h2-4,7-8,10H,5-6,9,11-13H2,1H3,(H,22,25). The summed E-state index contributed by atoms with van der Waals surface area (Å²) in [6.45, 7) is 2.47. The van der Waals surface area contributed by atoms with Gasteiger partial charge in [-0.15, -0.1) is 11.3 Å². The number of ketones is 2. The lowest BCUT2D eigenvalue weighted by Gasteiger charge is -2.07. The zero-order valence-electron chi connectivity index (χ0n) is 15.1. The van der Waals surface area contributed by atoms with Crippen molar-refractivity contribution in [2.75, 3.05) is 13.2 Å². The molecule has 1 heterocycles. The first-order valence-electron chi connectivity index (χ1n) is 8.70. The number of hydrogen-bond acceptors (Lipinski definition) is 5. The molecule has 0 spiro atoms.